The van der Waals surface area contributed by atoms with Crippen LogP contribution in [0.5, 0.6) is 0 Å². The number of hydrogen-bond acceptors (Lipinski definition) is 1. The Morgan fingerprint density at radius 2 is 1.72 bits per heavy atom. The standard InChI is InChI=1S/C15H9Cl2N/c16-14-6-4-12(5-7-14)13(10-18)8-11-2-1-3-15(17)9-11/h1-9H/b13-8-. The highest BCUT2D eigenvalue weighted by Crippen LogP contribution is 2.21. The van der Waals surface area contributed by atoms with E-state index in [-0.39, 0.29) is 0 Å². The Bertz CT molecular complexity index is 622. The molecule has 2 aromatic carbocycles. The molecule has 1 nitrogen and oxygen atoms in total. The average molecular weight is 274 g/mol. The van der Waals surface area contributed by atoms with Crippen molar-refractivity contribution in [2.45, 2.75) is 0 Å². The number of nitriles is 1. The van der Waals surface area contributed by atoms with Gasteiger partial charge in [-0.2, -0.15) is 5.26 Å². The van der Waals surface area contributed by atoms with Crippen LogP contribution >= 0.6 is 23.2 Å². The Hall–Kier alpha value is -1.75. The lowest BCUT2D eigenvalue weighted by Gasteiger charge is -2.00. The second-order valence-electron chi connectivity index (χ2n) is 3.73. The highest BCUT2D eigenvalue weighted by molar-refractivity contribution is 6.31. The Morgan fingerprint density at radius 3 is 2.33 bits per heavy atom. The van der Waals surface area contributed by atoms with E-state index < -0.39 is 0 Å². The van der Waals surface area contributed by atoms with Gasteiger partial charge >= 0.3 is 0 Å². The van der Waals surface area contributed by atoms with Gasteiger partial charge in [0.15, 0.2) is 0 Å². The molecular formula is C15H9Cl2N. The average Bonchev–Trinajstić information content (AvgIpc) is 2.37. The first-order chi connectivity index (χ1) is 8.69. The summed E-state index contributed by atoms with van der Waals surface area (Å²) in [6, 6.07) is 16.7. The lowest BCUT2D eigenvalue weighted by atomic mass is 10.0. The summed E-state index contributed by atoms with van der Waals surface area (Å²) in [5.74, 6) is 0. The second-order valence-corrected chi connectivity index (χ2v) is 4.60. The molecule has 0 aliphatic rings. The SMILES string of the molecule is N#C/C(=C/c1cccc(Cl)c1)c1ccc(Cl)cc1. The molecule has 2 rings (SSSR count). The number of allylic oxidation sites excluding steroid dienone is 1. The molecule has 2 aromatic rings. The van der Waals surface area contributed by atoms with Crippen LogP contribution in [0.15, 0.2) is 48.5 Å². The highest BCUT2D eigenvalue weighted by atomic mass is 35.5. The predicted molar refractivity (Wildman–Crippen MR) is 76.4 cm³/mol. The van der Waals surface area contributed by atoms with Crippen LogP contribution in [-0.2, 0) is 0 Å². The minimum absolute atomic E-state index is 0.578. The van der Waals surface area contributed by atoms with E-state index in [9.17, 15) is 5.26 Å². The number of hydrogen-bond donors (Lipinski definition) is 0. The molecule has 0 amide bonds. The molecule has 0 fully saturated rings. The zero-order chi connectivity index (χ0) is 13.0. The smallest absolute Gasteiger partial charge is 0.0998 e. The van der Waals surface area contributed by atoms with E-state index in [1.165, 1.54) is 0 Å². The lowest BCUT2D eigenvalue weighted by Crippen LogP contribution is -1.81. The minimum atomic E-state index is 0.578. The summed E-state index contributed by atoms with van der Waals surface area (Å²) in [5, 5.41) is 10.5. The van der Waals surface area contributed by atoms with E-state index in [0.29, 0.717) is 15.6 Å². The van der Waals surface area contributed by atoms with Crippen LogP contribution < -0.4 is 0 Å². The molecule has 0 bridgehead atoms. The van der Waals surface area contributed by atoms with Gasteiger partial charge in [0.2, 0.25) is 0 Å². The first-order valence-electron chi connectivity index (χ1n) is 5.32. The molecule has 0 heterocycles. The van der Waals surface area contributed by atoms with Crippen LogP contribution in [0.1, 0.15) is 11.1 Å². The van der Waals surface area contributed by atoms with E-state index >= 15 is 0 Å². The molecule has 88 valence electrons. The third-order valence-corrected chi connectivity index (χ3v) is 2.92. The van der Waals surface area contributed by atoms with Gasteiger partial charge in [-0.25, -0.2) is 0 Å². The Morgan fingerprint density at radius 1 is 1.00 bits per heavy atom. The highest BCUT2D eigenvalue weighted by Gasteiger charge is 2.01. The van der Waals surface area contributed by atoms with Crippen LogP contribution in [0.2, 0.25) is 10.0 Å². The van der Waals surface area contributed by atoms with E-state index in [4.69, 9.17) is 23.2 Å². The summed E-state index contributed by atoms with van der Waals surface area (Å²) in [6.45, 7) is 0. The second kappa shape index (κ2) is 5.73. The van der Waals surface area contributed by atoms with Crippen LogP contribution in [0.4, 0.5) is 0 Å². The van der Waals surface area contributed by atoms with Crippen molar-refractivity contribution in [3.05, 3.63) is 69.7 Å². The van der Waals surface area contributed by atoms with E-state index in [0.717, 1.165) is 11.1 Å². The maximum absolute atomic E-state index is 9.20. The number of halogens is 2. The molecule has 0 unspecified atom stereocenters. The summed E-state index contributed by atoms with van der Waals surface area (Å²) in [4.78, 5) is 0. The van der Waals surface area contributed by atoms with Crippen LogP contribution in [0.25, 0.3) is 11.6 Å². The van der Waals surface area contributed by atoms with Crippen molar-refractivity contribution in [1.82, 2.24) is 0 Å². The fourth-order valence-electron chi connectivity index (χ4n) is 1.57. The quantitative estimate of drug-likeness (QED) is 0.554. The van der Waals surface area contributed by atoms with Crippen molar-refractivity contribution < 1.29 is 0 Å². The normalized spacial score (nSPS) is 11.1. The van der Waals surface area contributed by atoms with Crippen LogP contribution in [-0.4, -0.2) is 0 Å². The van der Waals surface area contributed by atoms with Crippen LogP contribution in [0.3, 0.4) is 0 Å². The van der Waals surface area contributed by atoms with Gasteiger partial charge in [0.05, 0.1) is 11.6 Å². The first kappa shape index (κ1) is 12.7. The van der Waals surface area contributed by atoms with Crippen molar-refractivity contribution in [3.8, 4) is 6.07 Å². The van der Waals surface area contributed by atoms with Crippen molar-refractivity contribution in [1.29, 1.82) is 5.26 Å². The third-order valence-electron chi connectivity index (χ3n) is 2.44. The molecule has 18 heavy (non-hydrogen) atoms. The summed E-state index contributed by atoms with van der Waals surface area (Å²) in [7, 11) is 0. The number of nitrogens with zero attached hydrogens (tertiary/aromatic N) is 1. The van der Waals surface area contributed by atoms with Gasteiger partial charge < -0.3 is 0 Å². The summed E-state index contributed by atoms with van der Waals surface area (Å²) in [6.07, 6.45) is 1.80. The summed E-state index contributed by atoms with van der Waals surface area (Å²) >= 11 is 11.7. The largest absolute Gasteiger partial charge is 0.192 e. The van der Waals surface area contributed by atoms with Crippen molar-refractivity contribution in [2.24, 2.45) is 0 Å². The molecule has 0 aliphatic heterocycles. The van der Waals surface area contributed by atoms with E-state index in [1.54, 1.807) is 24.3 Å². The van der Waals surface area contributed by atoms with Gasteiger partial charge in [-0.05, 0) is 41.5 Å². The molecule has 0 radical (unpaired) electrons. The number of benzene rings is 2. The molecule has 0 aliphatic carbocycles. The van der Waals surface area contributed by atoms with Gasteiger partial charge in [0.1, 0.15) is 0 Å². The first-order valence-corrected chi connectivity index (χ1v) is 6.08. The predicted octanol–water partition coefficient (Wildman–Crippen LogP) is 5.06. The molecule has 0 atom stereocenters. The fraction of sp³-hybridized carbons (Fsp3) is 0. The zero-order valence-electron chi connectivity index (χ0n) is 9.40. The van der Waals surface area contributed by atoms with E-state index in [2.05, 4.69) is 6.07 Å². The fourth-order valence-corrected chi connectivity index (χ4v) is 1.90. The van der Waals surface area contributed by atoms with Gasteiger partial charge in [-0.3, -0.25) is 0 Å². The van der Waals surface area contributed by atoms with Crippen molar-refractivity contribution >= 4 is 34.9 Å². The Balaban J connectivity index is 2.40. The Kier molecular flexibility index (Phi) is 4.04. The van der Waals surface area contributed by atoms with Crippen molar-refractivity contribution in [3.63, 3.8) is 0 Å². The van der Waals surface area contributed by atoms with Crippen molar-refractivity contribution in [2.75, 3.05) is 0 Å². The maximum Gasteiger partial charge on any atom is 0.0998 e. The third kappa shape index (κ3) is 3.13. The summed E-state index contributed by atoms with van der Waals surface area (Å²) < 4.78 is 0. The van der Waals surface area contributed by atoms with Gasteiger partial charge in [-0.1, -0.05) is 47.5 Å². The molecule has 0 aromatic heterocycles. The monoisotopic (exact) mass is 273 g/mol. The number of rotatable bonds is 2. The van der Waals surface area contributed by atoms with Gasteiger partial charge in [-0.15, -0.1) is 0 Å². The maximum atomic E-state index is 9.20. The molecule has 3 heteroatoms. The molecule has 0 saturated carbocycles. The molecule has 0 saturated heterocycles. The van der Waals surface area contributed by atoms with E-state index in [1.807, 2.05) is 30.3 Å². The summed E-state index contributed by atoms with van der Waals surface area (Å²) in [5.41, 5.74) is 2.31. The topological polar surface area (TPSA) is 23.8 Å². The molecular weight excluding hydrogens is 265 g/mol. The Labute approximate surface area is 116 Å². The lowest BCUT2D eigenvalue weighted by molar-refractivity contribution is 1.52. The van der Waals surface area contributed by atoms with Crippen LogP contribution in [0, 0.1) is 11.3 Å². The molecule has 0 N–H and O–H groups in total. The van der Waals surface area contributed by atoms with Gasteiger partial charge in [0.25, 0.3) is 0 Å². The zero-order valence-corrected chi connectivity index (χ0v) is 10.9. The van der Waals surface area contributed by atoms with Gasteiger partial charge in [0, 0.05) is 10.0 Å². The minimum Gasteiger partial charge on any atom is -0.192 e. The molecule has 0 spiro atoms.